The second kappa shape index (κ2) is 8.33. The monoisotopic (exact) mass is 469 g/mol. The normalized spacial score (nSPS) is 11.4. The van der Waals surface area contributed by atoms with Crippen molar-refractivity contribution in [2.75, 3.05) is 0 Å². The fraction of sp³-hybridized carbons (Fsp3) is 0.0278. The lowest BCUT2D eigenvalue weighted by molar-refractivity contribution is 1.50. The van der Waals surface area contributed by atoms with E-state index in [-0.39, 0.29) is 0 Å². The smallest absolute Gasteiger partial charge is 0.0991 e. The fourth-order valence-electron chi connectivity index (χ4n) is 5.74. The topological polar surface area (TPSA) is 23.8 Å². The van der Waals surface area contributed by atoms with Crippen molar-refractivity contribution in [2.24, 2.45) is 0 Å². The van der Waals surface area contributed by atoms with Crippen molar-refractivity contribution in [3.05, 3.63) is 132 Å². The van der Waals surface area contributed by atoms with Crippen molar-refractivity contribution in [3.63, 3.8) is 0 Å². The minimum absolute atomic E-state index is 0.686. The quantitative estimate of drug-likeness (QED) is 0.231. The minimum Gasteiger partial charge on any atom is -0.192 e. The number of fused-ring (bicyclic) bond motifs is 4. The van der Waals surface area contributed by atoms with Gasteiger partial charge in [-0.2, -0.15) is 5.26 Å². The summed E-state index contributed by atoms with van der Waals surface area (Å²) in [5, 5.41) is 19.0. The van der Waals surface area contributed by atoms with Gasteiger partial charge >= 0.3 is 0 Å². The van der Waals surface area contributed by atoms with Gasteiger partial charge in [0.15, 0.2) is 0 Å². The second-order valence-electron chi connectivity index (χ2n) is 9.80. The second-order valence-corrected chi connectivity index (χ2v) is 9.80. The third-order valence-electron chi connectivity index (χ3n) is 7.47. The summed E-state index contributed by atoms with van der Waals surface area (Å²) in [6.07, 6.45) is 0. The summed E-state index contributed by atoms with van der Waals surface area (Å²) in [4.78, 5) is 0. The molecule has 0 spiro atoms. The van der Waals surface area contributed by atoms with E-state index in [9.17, 15) is 5.26 Å². The number of aryl methyl sites for hydroxylation is 1. The SMILES string of the molecule is Cc1ccc2cc(-c3c4ccccc4c(-c4ccc5cc(C#N)ccc5c4)c4ccccc34)ccc2c1. The molecule has 0 amide bonds. The van der Waals surface area contributed by atoms with E-state index in [1.165, 1.54) is 60.1 Å². The maximum Gasteiger partial charge on any atom is 0.0991 e. The summed E-state index contributed by atoms with van der Waals surface area (Å²) >= 11 is 0. The third kappa shape index (κ3) is 3.46. The van der Waals surface area contributed by atoms with Crippen molar-refractivity contribution in [3.8, 4) is 28.3 Å². The van der Waals surface area contributed by atoms with Gasteiger partial charge in [-0.15, -0.1) is 0 Å². The number of benzene rings is 7. The first-order valence-corrected chi connectivity index (χ1v) is 12.6. The van der Waals surface area contributed by atoms with Crippen LogP contribution < -0.4 is 0 Å². The van der Waals surface area contributed by atoms with Gasteiger partial charge in [-0.05, 0) is 96.5 Å². The molecule has 0 atom stereocenters. The maximum absolute atomic E-state index is 9.31. The highest BCUT2D eigenvalue weighted by Gasteiger charge is 2.17. The van der Waals surface area contributed by atoms with Crippen LogP contribution in [0.15, 0.2) is 121 Å². The van der Waals surface area contributed by atoms with Gasteiger partial charge in [-0.3, -0.25) is 0 Å². The van der Waals surface area contributed by atoms with E-state index in [1.807, 2.05) is 18.2 Å². The van der Waals surface area contributed by atoms with Crippen molar-refractivity contribution < 1.29 is 0 Å². The molecule has 1 heteroatoms. The van der Waals surface area contributed by atoms with Gasteiger partial charge in [0.2, 0.25) is 0 Å². The molecule has 37 heavy (non-hydrogen) atoms. The molecule has 0 aromatic heterocycles. The van der Waals surface area contributed by atoms with E-state index >= 15 is 0 Å². The van der Waals surface area contributed by atoms with E-state index in [2.05, 4.69) is 116 Å². The van der Waals surface area contributed by atoms with Crippen molar-refractivity contribution in [1.82, 2.24) is 0 Å². The number of hydrogen-bond donors (Lipinski definition) is 0. The van der Waals surface area contributed by atoms with E-state index in [4.69, 9.17) is 0 Å². The Kier molecular flexibility index (Phi) is 4.81. The van der Waals surface area contributed by atoms with Gasteiger partial charge in [0.25, 0.3) is 0 Å². The molecule has 0 aliphatic heterocycles. The van der Waals surface area contributed by atoms with Crippen LogP contribution in [-0.4, -0.2) is 0 Å². The Morgan fingerprint density at radius 3 is 1.41 bits per heavy atom. The molecular formula is C36H23N. The number of hydrogen-bond acceptors (Lipinski definition) is 1. The molecule has 7 rings (SSSR count). The van der Waals surface area contributed by atoms with Crippen molar-refractivity contribution in [2.45, 2.75) is 6.92 Å². The number of nitriles is 1. The molecule has 0 bridgehead atoms. The molecule has 0 saturated carbocycles. The van der Waals surface area contributed by atoms with Crippen molar-refractivity contribution in [1.29, 1.82) is 5.26 Å². The predicted molar refractivity (Wildman–Crippen MR) is 157 cm³/mol. The van der Waals surface area contributed by atoms with Crippen LogP contribution in [0.2, 0.25) is 0 Å². The molecule has 0 aliphatic rings. The lowest BCUT2D eigenvalue weighted by Gasteiger charge is -2.18. The average Bonchev–Trinajstić information content (AvgIpc) is 2.95. The van der Waals surface area contributed by atoms with Gasteiger partial charge in [0.05, 0.1) is 11.6 Å². The average molecular weight is 470 g/mol. The first-order valence-electron chi connectivity index (χ1n) is 12.6. The van der Waals surface area contributed by atoms with Crippen LogP contribution in [0.25, 0.3) is 65.3 Å². The highest BCUT2D eigenvalue weighted by molar-refractivity contribution is 6.22. The van der Waals surface area contributed by atoms with Crippen LogP contribution in [0, 0.1) is 18.3 Å². The van der Waals surface area contributed by atoms with Gasteiger partial charge in [-0.1, -0.05) is 103 Å². The molecule has 0 aliphatic carbocycles. The standard InChI is InChI=1S/C36H23N/c1-23-10-12-27-20-29(16-14-25(27)18-23)35-31-6-2-4-8-33(31)36(34-9-5-3-7-32(34)35)30-17-15-26-19-24(22-37)11-13-28(26)21-30/h2-21H,1H3. The van der Waals surface area contributed by atoms with Crippen LogP contribution in [0.3, 0.4) is 0 Å². The maximum atomic E-state index is 9.31. The van der Waals surface area contributed by atoms with E-state index in [0.717, 1.165) is 10.8 Å². The Bertz CT molecular complexity index is 2000. The molecule has 0 fully saturated rings. The largest absolute Gasteiger partial charge is 0.192 e. The Morgan fingerprint density at radius 1 is 0.459 bits per heavy atom. The van der Waals surface area contributed by atoms with Crippen LogP contribution >= 0.6 is 0 Å². The zero-order chi connectivity index (χ0) is 24.9. The van der Waals surface area contributed by atoms with Crippen molar-refractivity contribution >= 4 is 43.1 Å². The highest BCUT2D eigenvalue weighted by atomic mass is 14.2. The molecule has 0 heterocycles. The van der Waals surface area contributed by atoms with E-state index < -0.39 is 0 Å². The Morgan fingerprint density at radius 2 is 0.892 bits per heavy atom. The Hall–Kier alpha value is -4.93. The Labute approximate surface area is 215 Å². The zero-order valence-electron chi connectivity index (χ0n) is 20.5. The number of rotatable bonds is 2. The molecule has 1 nitrogen and oxygen atoms in total. The highest BCUT2D eigenvalue weighted by Crippen LogP contribution is 2.44. The predicted octanol–water partition coefficient (Wildman–Crippen LogP) is 9.81. The van der Waals surface area contributed by atoms with Crippen LogP contribution in [0.4, 0.5) is 0 Å². The first-order chi connectivity index (χ1) is 18.2. The summed E-state index contributed by atoms with van der Waals surface area (Å²) in [6, 6.07) is 45.7. The summed E-state index contributed by atoms with van der Waals surface area (Å²) in [7, 11) is 0. The molecule has 7 aromatic carbocycles. The van der Waals surface area contributed by atoms with Gasteiger partial charge < -0.3 is 0 Å². The molecular weight excluding hydrogens is 446 g/mol. The van der Waals surface area contributed by atoms with Gasteiger partial charge in [0, 0.05) is 0 Å². The van der Waals surface area contributed by atoms with Crippen LogP contribution in [-0.2, 0) is 0 Å². The number of nitrogens with zero attached hydrogens (tertiary/aromatic N) is 1. The molecule has 0 saturated heterocycles. The van der Waals surface area contributed by atoms with Crippen LogP contribution in [0.5, 0.6) is 0 Å². The van der Waals surface area contributed by atoms with Gasteiger partial charge in [-0.25, -0.2) is 0 Å². The summed E-state index contributed by atoms with van der Waals surface area (Å²) in [5.41, 5.74) is 6.91. The lowest BCUT2D eigenvalue weighted by Crippen LogP contribution is -1.91. The molecule has 0 radical (unpaired) electrons. The first kappa shape index (κ1) is 21.4. The molecule has 172 valence electrons. The lowest BCUT2D eigenvalue weighted by atomic mass is 9.85. The molecule has 0 N–H and O–H groups in total. The Balaban J connectivity index is 1.55. The molecule has 0 unspecified atom stereocenters. The zero-order valence-corrected chi connectivity index (χ0v) is 20.5. The van der Waals surface area contributed by atoms with E-state index in [1.54, 1.807) is 0 Å². The van der Waals surface area contributed by atoms with E-state index in [0.29, 0.717) is 5.56 Å². The summed E-state index contributed by atoms with van der Waals surface area (Å²) in [6.45, 7) is 2.14. The van der Waals surface area contributed by atoms with Gasteiger partial charge in [0.1, 0.15) is 0 Å². The summed E-state index contributed by atoms with van der Waals surface area (Å²) < 4.78 is 0. The van der Waals surface area contributed by atoms with Crippen LogP contribution in [0.1, 0.15) is 11.1 Å². The third-order valence-corrected chi connectivity index (χ3v) is 7.47. The molecule has 7 aromatic rings. The fourth-order valence-corrected chi connectivity index (χ4v) is 5.74. The summed E-state index contributed by atoms with van der Waals surface area (Å²) in [5.74, 6) is 0. The minimum atomic E-state index is 0.686.